The molecule has 3 fully saturated rings. The summed E-state index contributed by atoms with van der Waals surface area (Å²) in [4.78, 5) is 23.2. The lowest BCUT2D eigenvalue weighted by atomic mass is 9.72. The Morgan fingerprint density at radius 3 is 2.73 bits per heavy atom. The first-order chi connectivity index (χ1) is 10.1. The first-order valence-corrected chi connectivity index (χ1v) is 8.74. The molecule has 0 bridgehead atoms. The summed E-state index contributed by atoms with van der Waals surface area (Å²) in [6.07, 6.45) is 0.342. The summed E-state index contributed by atoms with van der Waals surface area (Å²) in [5.41, 5.74) is -0.484. The van der Waals surface area contributed by atoms with Crippen molar-refractivity contribution in [3.63, 3.8) is 0 Å². The minimum Gasteiger partial charge on any atom is -0.465 e. The monoisotopic (exact) mass is 424 g/mol. The van der Waals surface area contributed by atoms with Crippen molar-refractivity contribution in [1.29, 1.82) is 0 Å². The number of rotatable bonds is 2. The summed E-state index contributed by atoms with van der Waals surface area (Å²) >= 11 is 2.30. The van der Waals surface area contributed by atoms with Gasteiger partial charge in [-0.2, -0.15) is 0 Å². The van der Waals surface area contributed by atoms with Crippen LogP contribution in [0.25, 0.3) is 0 Å². The summed E-state index contributed by atoms with van der Waals surface area (Å²) < 4.78 is 22.8. The van der Waals surface area contributed by atoms with Gasteiger partial charge in [-0.05, 0) is 27.2 Å². The zero-order valence-electron chi connectivity index (χ0n) is 13.1. The van der Waals surface area contributed by atoms with Gasteiger partial charge < -0.3 is 18.9 Å². The van der Waals surface area contributed by atoms with Gasteiger partial charge in [0.2, 0.25) is 0 Å². The molecule has 0 spiro atoms. The average Bonchev–Trinajstić information content (AvgIpc) is 2.81. The average molecular weight is 424 g/mol. The lowest BCUT2D eigenvalue weighted by Crippen LogP contribution is -2.57. The van der Waals surface area contributed by atoms with Gasteiger partial charge in [0, 0.05) is 12.8 Å². The van der Waals surface area contributed by atoms with E-state index in [0.717, 1.165) is 0 Å². The largest absolute Gasteiger partial charge is 0.465 e. The molecule has 1 aliphatic carbocycles. The molecule has 2 aliphatic heterocycles. The van der Waals surface area contributed by atoms with E-state index in [1.165, 1.54) is 6.92 Å². The molecule has 3 aliphatic rings. The van der Waals surface area contributed by atoms with Gasteiger partial charge in [-0.25, -0.2) is 0 Å². The number of hydrogen-bond acceptors (Lipinski definition) is 6. The summed E-state index contributed by atoms with van der Waals surface area (Å²) in [6.45, 7) is 7.24. The van der Waals surface area contributed by atoms with Gasteiger partial charge in [0.25, 0.3) is 0 Å². The third kappa shape index (κ3) is 2.54. The van der Waals surface area contributed by atoms with Crippen LogP contribution in [0.1, 0.15) is 34.1 Å². The highest BCUT2D eigenvalue weighted by atomic mass is 127. The normalized spacial score (nSPS) is 45.9. The summed E-state index contributed by atoms with van der Waals surface area (Å²) in [7, 11) is 0. The standard InChI is InChI=1S/C15H21IO6/c1-7(17)19-6-9-8-5-10-15(4,22-14(2,3)21-10)12(16)11(8)20-13(9)18/h8-12H,5-6H2,1-4H3/t8-,9-,10-,11+,12-,15-/m1/s1. The summed E-state index contributed by atoms with van der Waals surface area (Å²) in [6, 6.07) is 0. The second kappa shape index (κ2) is 5.31. The zero-order valence-corrected chi connectivity index (χ0v) is 15.3. The van der Waals surface area contributed by atoms with Crippen LogP contribution in [-0.4, -0.2) is 46.1 Å². The summed E-state index contributed by atoms with van der Waals surface area (Å²) in [5.74, 6) is -1.74. The molecule has 0 radical (unpaired) electrons. The number of alkyl halides is 1. The van der Waals surface area contributed by atoms with Gasteiger partial charge >= 0.3 is 11.9 Å². The Balaban J connectivity index is 1.82. The molecule has 0 aromatic carbocycles. The number of halogens is 1. The maximum Gasteiger partial charge on any atom is 0.313 e. The highest BCUT2D eigenvalue weighted by molar-refractivity contribution is 14.1. The maximum absolute atomic E-state index is 12.2. The van der Waals surface area contributed by atoms with E-state index >= 15 is 0 Å². The molecule has 0 N–H and O–H groups in total. The molecular formula is C15H21IO6. The predicted octanol–water partition coefficient (Wildman–Crippen LogP) is 1.82. The molecule has 6 atom stereocenters. The second-order valence-electron chi connectivity index (χ2n) is 6.90. The number of esters is 2. The Hall–Kier alpha value is -0.410. The molecular weight excluding hydrogens is 403 g/mol. The van der Waals surface area contributed by atoms with Gasteiger partial charge in [0.1, 0.15) is 18.3 Å². The summed E-state index contributed by atoms with van der Waals surface area (Å²) in [5, 5.41) is 0. The number of ether oxygens (including phenoxy) is 4. The molecule has 124 valence electrons. The first-order valence-electron chi connectivity index (χ1n) is 7.50. The van der Waals surface area contributed by atoms with Crippen molar-refractivity contribution in [2.45, 2.75) is 61.6 Å². The lowest BCUT2D eigenvalue weighted by Gasteiger charge is -2.43. The van der Waals surface area contributed by atoms with Crippen molar-refractivity contribution in [2.75, 3.05) is 6.61 Å². The molecule has 1 saturated carbocycles. The highest BCUT2D eigenvalue weighted by Gasteiger charge is 2.65. The van der Waals surface area contributed by atoms with Crippen LogP contribution in [0.3, 0.4) is 0 Å². The van der Waals surface area contributed by atoms with Gasteiger partial charge in [0.15, 0.2) is 5.79 Å². The van der Waals surface area contributed by atoms with Crippen LogP contribution < -0.4 is 0 Å². The second-order valence-corrected chi connectivity index (χ2v) is 8.25. The molecule has 22 heavy (non-hydrogen) atoms. The molecule has 0 aromatic rings. The molecule has 0 amide bonds. The van der Waals surface area contributed by atoms with E-state index in [2.05, 4.69) is 22.6 Å². The number of carbonyl (C=O) groups excluding carboxylic acids is 2. The third-order valence-corrected chi connectivity index (χ3v) is 6.76. The Morgan fingerprint density at radius 2 is 2.09 bits per heavy atom. The smallest absolute Gasteiger partial charge is 0.313 e. The van der Waals surface area contributed by atoms with E-state index < -0.39 is 17.3 Å². The number of hydrogen-bond donors (Lipinski definition) is 0. The Bertz CT molecular complexity index is 506. The van der Waals surface area contributed by atoms with Crippen LogP contribution in [0.15, 0.2) is 0 Å². The quantitative estimate of drug-likeness (QED) is 0.383. The van der Waals surface area contributed by atoms with E-state index in [4.69, 9.17) is 18.9 Å². The van der Waals surface area contributed by atoms with Crippen molar-refractivity contribution in [3.05, 3.63) is 0 Å². The van der Waals surface area contributed by atoms with E-state index in [9.17, 15) is 9.59 Å². The third-order valence-electron chi connectivity index (χ3n) is 4.81. The van der Waals surface area contributed by atoms with Crippen molar-refractivity contribution in [3.8, 4) is 0 Å². The van der Waals surface area contributed by atoms with Crippen molar-refractivity contribution < 1.29 is 28.5 Å². The van der Waals surface area contributed by atoms with Gasteiger partial charge in [0.05, 0.1) is 15.9 Å². The van der Waals surface area contributed by atoms with Gasteiger partial charge in [-0.3, -0.25) is 9.59 Å². The molecule has 6 nitrogen and oxygen atoms in total. The van der Waals surface area contributed by atoms with E-state index in [1.807, 2.05) is 20.8 Å². The van der Waals surface area contributed by atoms with Crippen LogP contribution >= 0.6 is 22.6 Å². The van der Waals surface area contributed by atoms with Crippen LogP contribution in [0.2, 0.25) is 0 Å². The minimum absolute atomic E-state index is 0.00988. The van der Waals surface area contributed by atoms with E-state index in [-0.39, 0.29) is 40.6 Å². The molecule has 3 rings (SSSR count). The predicted molar refractivity (Wildman–Crippen MR) is 84.4 cm³/mol. The van der Waals surface area contributed by atoms with Crippen molar-refractivity contribution in [2.24, 2.45) is 11.8 Å². The zero-order chi connectivity index (χ0) is 16.3. The number of fused-ring (bicyclic) bond motifs is 2. The van der Waals surface area contributed by atoms with Gasteiger partial charge in [-0.1, -0.05) is 22.6 Å². The first kappa shape index (κ1) is 16.4. The molecule has 2 saturated heterocycles. The SMILES string of the molecule is CC(=O)OC[C@H]1C(=O)O[C@H]2[C@@H]1C[C@H]1OC(C)(C)O[C@@]1(C)[C@@H]2I. The Morgan fingerprint density at radius 1 is 1.41 bits per heavy atom. The molecule has 0 unspecified atom stereocenters. The van der Waals surface area contributed by atoms with Crippen LogP contribution in [-0.2, 0) is 28.5 Å². The fourth-order valence-electron chi connectivity index (χ4n) is 3.85. The highest BCUT2D eigenvalue weighted by Crippen LogP contribution is 2.53. The van der Waals surface area contributed by atoms with E-state index in [0.29, 0.717) is 6.42 Å². The van der Waals surface area contributed by atoms with Crippen molar-refractivity contribution >= 4 is 34.5 Å². The van der Waals surface area contributed by atoms with Gasteiger partial charge in [-0.15, -0.1) is 0 Å². The molecule has 2 heterocycles. The fourth-order valence-corrected chi connectivity index (χ4v) is 5.06. The van der Waals surface area contributed by atoms with Crippen LogP contribution in [0.5, 0.6) is 0 Å². The van der Waals surface area contributed by atoms with Crippen molar-refractivity contribution in [1.82, 2.24) is 0 Å². The fraction of sp³-hybridized carbons (Fsp3) is 0.867. The maximum atomic E-state index is 12.2. The van der Waals surface area contributed by atoms with Crippen LogP contribution in [0, 0.1) is 11.8 Å². The van der Waals surface area contributed by atoms with E-state index in [1.54, 1.807) is 0 Å². The minimum atomic E-state index is -0.642. The number of carbonyl (C=O) groups is 2. The Labute approximate surface area is 143 Å². The van der Waals surface area contributed by atoms with Crippen LogP contribution in [0.4, 0.5) is 0 Å². The molecule has 0 aromatic heterocycles. The molecule has 7 heteroatoms. The Kier molecular flexibility index (Phi) is 3.97. The topological polar surface area (TPSA) is 71.1 Å². The lowest BCUT2D eigenvalue weighted by molar-refractivity contribution is -0.162.